The number of hydrogen-bond donors (Lipinski definition) is 0. The lowest BCUT2D eigenvalue weighted by Gasteiger charge is -2.15. The summed E-state index contributed by atoms with van der Waals surface area (Å²) in [6.07, 6.45) is 0. The monoisotopic (exact) mass is 295 g/mol. The average Bonchev–Trinajstić information content (AvgIpc) is 2.66. The molecule has 3 heteroatoms. The van der Waals surface area contributed by atoms with Gasteiger partial charge in [0.15, 0.2) is 0 Å². The molecule has 1 heterocycles. The molecule has 0 saturated heterocycles. The van der Waals surface area contributed by atoms with Crippen LogP contribution in [0.2, 0.25) is 0 Å². The third-order valence-electron chi connectivity index (χ3n) is 2.86. The molecule has 2 rings (SSSR count). The topological polar surface area (TPSA) is 14.2 Å². The molecule has 0 atom stereocenters. The highest BCUT2D eigenvalue weighted by atomic mass is 79.9. The molecular weight excluding hydrogens is 278 g/mol. The second-order valence-corrected chi connectivity index (χ2v) is 5.27. The highest BCUT2D eigenvalue weighted by Gasteiger charge is 2.13. The summed E-state index contributed by atoms with van der Waals surface area (Å²) in [5.74, 6) is 0. The van der Waals surface area contributed by atoms with E-state index in [9.17, 15) is 0 Å². The van der Waals surface area contributed by atoms with E-state index >= 15 is 0 Å². The van der Waals surface area contributed by atoms with Crippen LogP contribution in [-0.2, 0) is 11.3 Å². The zero-order valence-electron chi connectivity index (χ0n) is 10.5. The number of rotatable bonds is 4. The second-order valence-electron chi connectivity index (χ2n) is 4.41. The molecule has 0 N–H and O–H groups in total. The molecule has 0 fully saturated rings. The molecule has 0 bridgehead atoms. The zero-order chi connectivity index (χ0) is 12.4. The van der Waals surface area contributed by atoms with Crippen molar-refractivity contribution in [3.8, 4) is 0 Å². The molecule has 1 aromatic carbocycles. The quantitative estimate of drug-likeness (QED) is 0.809. The zero-order valence-corrected chi connectivity index (χ0v) is 12.1. The summed E-state index contributed by atoms with van der Waals surface area (Å²) in [5, 5.41) is 1.27. The fourth-order valence-electron chi connectivity index (χ4n) is 2.20. The van der Waals surface area contributed by atoms with Crippen molar-refractivity contribution < 1.29 is 4.74 Å². The molecular formula is C14H18BrNO. The Kier molecular flexibility index (Phi) is 3.89. The number of fused-ring (bicyclic) bond motifs is 1. The maximum atomic E-state index is 5.54. The molecule has 2 nitrogen and oxygen atoms in total. The van der Waals surface area contributed by atoms with Crippen LogP contribution in [0.15, 0.2) is 28.7 Å². The van der Waals surface area contributed by atoms with Gasteiger partial charge in [0.05, 0.1) is 12.1 Å². The van der Waals surface area contributed by atoms with E-state index in [1.807, 2.05) is 6.92 Å². The highest BCUT2D eigenvalue weighted by molar-refractivity contribution is 9.10. The fourth-order valence-corrected chi connectivity index (χ4v) is 2.78. The minimum absolute atomic E-state index is 0.432. The van der Waals surface area contributed by atoms with Crippen LogP contribution in [0, 0.1) is 0 Å². The summed E-state index contributed by atoms with van der Waals surface area (Å²) in [6.45, 7) is 7.86. The predicted octanol–water partition coefficient (Wildman–Crippen LogP) is 4.52. The van der Waals surface area contributed by atoms with Crippen LogP contribution in [0.3, 0.4) is 0 Å². The first-order valence-corrected chi connectivity index (χ1v) is 6.80. The Morgan fingerprint density at radius 2 is 2.12 bits per heavy atom. The Morgan fingerprint density at radius 1 is 1.35 bits per heavy atom. The van der Waals surface area contributed by atoms with Crippen LogP contribution in [0.1, 0.15) is 32.5 Å². The van der Waals surface area contributed by atoms with E-state index in [1.54, 1.807) is 0 Å². The first-order valence-electron chi connectivity index (χ1n) is 6.01. The van der Waals surface area contributed by atoms with E-state index in [2.05, 4.69) is 58.6 Å². The number of benzene rings is 1. The van der Waals surface area contributed by atoms with Crippen molar-refractivity contribution in [2.75, 3.05) is 6.61 Å². The molecule has 0 aliphatic carbocycles. The molecule has 0 amide bonds. The van der Waals surface area contributed by atoms with E-state index in [1.165, 1.54) is 16.6 Å². The lowest BCUT2D eigenvalue weighted by Crippen LogP contribution is -2.07. The van der Waals surface area contributed by atoms with Gasteiger partial charge in [-0.1, -0.05) is 12.1 Å². The Balaban J connectivity index is 2.59. The Morgan fingerprint density at radius 3 is 2.76 bits per heavy atom. The summed E-state index contributed by atoms with van der Waals surface area (Å²) in [4.78, 5) is 0. The summed E-state index contributed by atoms with van der Waals surface area (Å²) >= 11 is 3.64. The average molecular weight is 296 g/mol. The molecule has 92 valence electrons. The number of hydrogen-bond acceptors (Lipinski definition) is 1. The molecule has 0 spiro atoms. The van der Waals surface area contributed by atoms with Crippen molar-refractivity contribution in [2.24, 2.45) is 0 Å². The van der Waals surface area contributed by atoms with Crippen LogP contribution in [0.5, 0.6) is 0 Å². The Bertz CT molecular complexity index is 516. The first kappa shape index (κ1) is 12.7. The Labute approximate surface area is 111 Å². The number of nitrogens with zero attached hydrogens (tertiary/aromatic N) is 1. The van der Waals surface area contributed by atoms with E-state index < -0.39 is 0 Å². The van der Waals surface area contributed by atoms with E-state index in [4.69, 9.17) is 4.74 Å². The van der Waals surface area contributed by atoms with Crippen molar-refractivity contribution in [1.29, 1.82) is 0 Å². The van der Waals surface area contributed by atoms with Gasteiger partial charge in [-0.05, 0) is 48.8 Å². The van der Waals surface area contributed by atoms with Crippen molar-refractivity contribution in [3.63, 3.8) is 0 Å². The van der Waals surface area contributed by atoms with Gasteiger partial charge in [-0.15, -0.1) is 0 Å². The number of ether oxygens (including phenoxy) is 1. The van der Waals surface area contributed by atoms with Gasteiger partial charge < -0.3 is 9.30 Å². The van der Waals surface area contributed by atoms with Gasteiger partial charge in [0.1, 0.15) is 0 Å². The van der Waals surface area contributed by atoms with Crippen LogP contribution >= 0.6 is 15.9 Å². The molecule has 0 aliphatic rings. The van der Waals surface area contributed by atoms with Crippen molar-refractivity contribution >= 4 is 26.8 Å². The molecule has 0 unspecified atom stereocenters. The predicted molar refractivity (Wildman–Crippen MR) is 75.4 cm³/mol. The van der Waals surface area contributed by atoms with Crippen molar-refractivity contribution in [3.05, 3.63) is 34.4 Å². The molecule has 0 saturated carbocycles. The molecule has 0 aliphatic heterocycles. The smallest absolute Gasteiger partial charge is 0.0868 e. The standard InChI is InChI=1S/C14H18BrNO/c1-4-17-9-12-8-11-6-5-7-13(15)14(11)16(12)10(2)3/h5-8,10H,4,9H2,1-3H3. The third kappa shape index (κ3) is 2.40. The maximum absolute atomic E-state index is 5.54. The lowest BCUT2D eigenvalue weighted by atomic mass is 10.2. The van der Waals surface area contributed by atoms with Gasteiger partial charge in [0.2, 0.25) is 0 Å². The first-order chi connectivity index (χ1) is 8.15. The molecule has 0 radical (unpaired) electrons. The molecule has 2 aromatic rings. The fraction of sp³-hybridized carbons (Fsp3) is 0.429. The lowest BCUT2D eigenvalue weighted by molar-refractivity contribution is 0.128. The second kappa shape index (κ2) is 5.23. The van der Waals surface area contributed by atoms with Gasteiger partial charge in [-0.25, -0.2) is 0 Å². The van der Waals surface area contributed by atoms with Crippen LogP contribution in [0.25, 0.3) is 10.9 Å². The number of halogens is 1. The van der Waals surface area contributed by atoms with Crippen LogP contribution < -0.4 is 0 Å². The SMILES string of the molecule is CCOCc1cc2cccc(Br)c2n1C(C)C. The van der Waals surface area contributed by atoms with Gasteiger partial charge in [-0.3, -0.25) is 0 Å². The summed E-state index contributed by atoms with van der Waals surface area (Å²) in [5.41, 5.74) is 2.50. The van der Waals surface area contributed by atoms with Crippen LogP contribution in [0.4, 0.5) is 0 Å². The van der Waals surface area contributed by atoms with Gasteiger partial charge in [0.25, 0.3) is 0 Å². The van der Waals surface area contributed by atoms with Crippen LogP contribution in [-0.4, -0.2) is 11.2 Å². The van der Waals surface area contributed by atoms with Crippen molar-refractivity contribution in [2.45, 2.75) is 33.4 Å². The highest BCUT2D eigenvalue weighted by Crippen LogP contribution is 2.30. The number of para-hydroxylation sites is 1. The molecule has 17 heavy (non-hydrogen) atoms. The number of aromatic nitrogens is 1. The van der Waals surface area contributed by atoms with Gasteiger partial charge in [-0.2, -0.15) is 0 Å². The van der Waals surface area contributed by atoms with E-state index in [-0.39, 0.29) is 0 Å². The summed E-state index contributed by atoms with van der Waals surface area (Å²) in [6, 6.07) is 8.96. The minimum atomic E-state index is 0.432. The maximum Gasteiger partial charge on any atom is 0.0868 e. The summed E-state index contributed by atoms with van der Waals surface area (Å²) in [7, 11) is 0. The van der Waals surface area contributed by atoms with Crippen molar-refractivity contribution in [1.82, 2.24) is 4.57 Å². The Hall–Kier alpha value is -0.800. The van der Waals surface area contributed by atoms with E-state index in [0.717, 1.165) is 11.1 Å². The van der Waals surface area contributed by atoms with E-state index in [0.29, 0.717) is 12.6 Å². The minimum Gasteiger partial charge on any atom is -0.376 e. The third-order valence-corrected chi connectivity index (χ3v) is 3.50. The largest absolute Gasteiger partial charge is 0.376 e. The van der Waals surface area contributed by atoms with Gasteiger partial charge >= 0.3 is 0 Å². The summed E-state index contributed by atoms with van der Waals surface area (Å²) < 4.78 is 9.03. The normalized spacial score (nSPS) is 11.6. The van der Waals surface area contributed by atoms with Gasteiger partial charge in [0, 0.05) is 28.2 Å². The molecule has 1 aromatic heterocycles.